The van der Waals surface area contributed by atoms with E-state index in [0.29, 0.717) is 20.2 Å². The minimum absolute atomic E-state index is 0.0681. The van der Waals surface area contributed by atoms with Crippen molar-refractivity contribution in [3.8, 4) is 0 Å². The Bertz CT molecular complexity index is 592. The van der Waals surface area contributed by atoms with E-state index < -0.39 is 0 Å². The van der Waals surface area contributed by atoms with Crippen molar-refractivity contribution in [3.05, 3.63) is 14.8 Å². The molecule has 4 saturated carbocycles. The molecule has 5 rings (SSSR count). The van der Waals surface area contributed by atoms with Crippen LogP contribution in [0.3, 0.4) is 0 Å². The summed E-state index contributed by atoms with van der Waals surface area (Å²) in [6, 6.07) is 0.269. The third kappa shape index (κ3) is 2.70. The Morgan fingerprint density at radius 1 is 1.26 bits per heavy atom. The summed E-state index contributed by atoms with van der Waals surface area (Å²) >= 11 is 6.78. The quantitative estimate of drug-likeness (QED) is 0.709. The van der Waals surface area contributed by atoms with Crippen LogP contribution in [0, 0.1) is 23.2 Å². The maximum Gasteiger partial charge on any atom is 0.273 e. The van der Waals surface area contributed by atoms with Crippen LogP contribution in [0.15, 0.2) is 9.08 Å². The average Bonchev–Trinajstić information content (AvgIpc) is 2.83. The zero-order valence-corrected chi connectivity index (χ0v) is 16.5. The van der Waals surface area contributed by atoms with E-state index in [1.54, 1.807) is 0 Å². The number of hydrogen-bond donors (Lipinski definition) is 2. The number of hydrogen-bond acceptors (Lipinski definition) is 2. The van der Waals surface area contributed by atoms with Crippen LogP contribution in [-0.2, 0) is 0 Å². The van der Waals surface area contributed by atoms with Gasteiger partial charge in [0.2, 0.25) is 0 Å². The maximum absolute atomic E-state index is 12.7. The Balaban J connectivity index is 1.55. The van der Waals surface area contributed by atoms with Crippen LogP contribution in [0.25, 0.3) is 0 Å². The minimum Gasteiger partial charge on any atom is -0.347 e. The van der Waals surface area contributed by atoms with E-state index in [2.05, 4.69) is 54.3 Å². The van der Waals surface area contributed by atoms with Gasteiger partial charge in [-0.15, -0.1) is 0 Å². The molecule has 1 heterocycles. The number of aromatic amines is 1. The lowest BCUT2D eigenvalue weighted by Crippen LogP contribution is -2.56. The lowest BCUT2D eigenvalue weighted by molar-refractivity contribution is -0.0727. The standard InChI is InChI=1S/C17H23Br2N3O/c1-2-12(20-16(23)14-13(18)15(19)22-21-14)17-6-9-3-10(7-17)5-11(4-9)8-17/h9-12H,2-8H2,1H3,(H,20,23)(H,21,22). The SMILES string of the molecule is CCC(NC(=O)c1n[nH]c(Br)c1Br)C12CC3CC(CC(C3)C1)C2. The van der Waals surface area contributed by atoms with E-state index >= 15 is 0 Å². The summed E-state index contributed by atoms with van der Waals surface area (Å²) in [4.78, 5) is 12.7. The van der Waals surface area contributed by atoms with E-state index in [1.165, 1.54) is 38.5 Å². The molecule has 0 spiro atoms. The molecule has 1 unspecified atom stereocenters. The normalized spacial score (nSPS) is 36.2. The van der Waals surface area contributed by atoms with E-state index in [-0.39, 0.29) is 11.9 Å². The molecule has 1 aromatic rings. The van der Waals surface area contributed by atoms with Gasteiger partial charge in [0.25, 0.3) is 5.91 Å². The number of rotatable bonds is 4. The maximum atomic E-state index is 12.7. The number of carbonyl (C=O) groups is 1. The number of halogens is 2. The number of carbonyl (C=O) groups excluding carboxylic acids is 1. The van der Waals surface area contributed by atoms with E-state index in [9.17, 15) is 4.79 Å². The second kappa shape index (κ2) is 5.87. The monoisotopic (exact) mass is 443 g/mol. The zero-order chi connectivity index (χ0) is 16.2. The van der Waals surface area contributed by atoms with Crippen LogP contribution in [0.1, 0.15) is 62.4 Å². The van der Waals surface area contributed by atoms with Gasteiger partial charge in [0, 0.05) is 6.04 Å². The van der Waals surface area contributed by atoms with Gasteiger partial charge < -0.3 is 5.32 Å². The average molecular weight is 445 g/mol. The molecule has 2 N–H and O–H groups in total. The molecule has 1 aromatic heterocycles. The van der Waals surface area contributed by atoms with Gasteiger partial charge in [0.15, 0.2) is 5.69 Å². The third-order valence-corrected chi connectivity index (χ3v) is 8.30. The van der Waals surface area contributed by atoms with Crippen molar-refractivity contribution in [2.75, 3.05) is 0 Å². The molecule has 4 aliphatic carbocycles. The van der Waals surface area contributed by atoms with Gasteiger partial charge in [0.05, 0.1) is 4.47 Å². The van der Waals surface area contributed by atoms with E-state index in [1.807, 2.05) is 0 Å². The van der Waals surface area contributed by atoms with E-state index in [0.717, 1.165) is 24.2 Å². The summed E-state index contributed by atoms with van der Waals surface area (Å²) in [5, 5.41) is 10.2. The molecule has 126 valence electrons. The van der Waals surface area contributed by atoms with Gasteiger partial charge in [-0.25, -0.2) is 0 Å². The highest BCUT2D eigenvalue weighted by Crippen LogP contribution is 2.61. The van der Waals surface area contributed by atoms with Crippen LogP contribution < -0.4 is 5.32 Å². The molecule has 4 aliphatic rings. The first kappa shape index (κ1) is 16.1. The number of nitrogens with zero attached hydrogens (tertiary/aromatic N) is 1. The lowest BCUT2D eigenvalue weighted by atomic mass is 9.47. The Kier molecular flexibility index (Phi) is 4.11. The highest BCUT2D eigenvalue weighted by Gasteiger charge is 2.54. The fraction of sp³-hybridized carbons (Fsp3) is 0.765. The summed E-state index contributed by atoms with van der Waals surface area (Å²) in [6.45, 7) is 2.21. The first-order chi connectivity index (χ1) is 11.0. The van der Waals surface area contributed by atoms with Crippen molar-refractivity contribution >= 4 is 37.8 Å². The number of H-pyrrole nitrogens is 1. The Morgan fingerprint density at radius 2 is 1.83 bits per heavy atom. The highest BCUT2D eigenvalue weighted by molar-refractivity contribution is 9.13. The smallest absolute Gasteiger partial charge is 0.273 e. The molecule has 0 aliphatic heterocycles. The molecule has 23 heavy (non-hydrogen) atoms. The predicted molar refractivity (Wildman–Crippen MR) is 96.1 cm³/mol. The number of aromatic nitrogens is 2. The highest BCUT2D eigenvalue weighted by atomic mass is 79.9. The summed E-state index contributed by atoms with van der Waals surface area (Å²) in [6.07, 6.45) is 9.22. The van der Waals surface area contributed by atoms with Crippen LogP contribution in [0.4, 0.5) is 0 Å². The molecule has 6 heteroatoms. The second-order valence-corrected chi connectivity index (χ2v) is 9.50. The van der Waals surface area contributed by atoms with Crippen molar-refractivity contribution in [1.82, 2.24) is 15.5 Å². The second-order valence-electron chi connectivity index (χ2n) is 7.91. The minimum atomic E-state index is -0.0681. The molecule has 4 bridgehead atoms. The summed E-state index contributed by atoms with van der Waals surface area (Å²) in [5.74, 6) is 2.64. The van der Waals surface area contributed by atoms with Crippen molar-refractivity contribution in [1.29, 1.82) is 0 Å². The van der Waals surface area contributed by atoms with Crippen LogP contribution in [-0.4, -0.2) is 22.1 Å². The molecule has 4 fully saturated rings. The Labute approximate surface area is 153 Å². The molecule has 0 radical (unpaired) electrons. The largest absolute Gasteiger partial charge is 0.347 e. The third-order valence-electron chi connectivity index (χ3n) is 6.42. The Morgan fingerprint density at radius 3 is 2.26 bits per heavy atom. The fourth-order valence-corrected chi connectivity index (χ4v) is 6.61. The summed E-state index contributed by atoms with van der Waals surface area (Å²) < 4.78 is 1.42. The van der Waals surface area contributed by atoms with Crippen molar-refractivity contribution < 1.29 is 4.79 Å². The number of amides is 1. The van der Waals surface area contributed by atoms with Crippen LogP contribution in [0.5, 0.6) is 0 Å². The topological polar surface area (TPSA) is 57.8 Å². The van der Waals surface area contributed by atoms with Gasteiger partial charge >= 0.3 is 0 Å². The molecule has 0 saturated heterocycles. The zero-order valence-electron chi connectivity index (χ0n) is 13.4. The van der Waals surface area contributed by atoms with Crippen molar-refractivity contribution in [2.24, 2.45) is 23.2 Å². The Hall–Kier alpha value is -0.360. The molecular weight excluding hydrogens is 422 g/mol. The molecule has 1 amide bonds. The van der Waals surface area contributed by atoms with E-state index in [4.69, 9.17) is 0 Å². The molecular formula is C17H23Br2N3O. The van der Waals surface area contributed by atoms with Crippen LogP contribution in [0.2, 0.25) is 0 Å². The first-order valence-electron chi connectivity index (χ1n) is 8.71. The van der Waals surface area contributed by atoms with Gasteiger partial charge in [-0.3, -0.25) is 9.89 Å². The van der Waals surface area contributed by atoms with Gasteiger partial charge in [-0.2, -0.15) is 5.10 Å². The molecule has 0 aromatic carbocycles. The van der Waals surface area contributed by atoms with Gasteiger partial charge in [0.1, 0.15) is 4.60 Å². The summed E-state index contributed by atoms with van der Waals surface area (Å²) in [5.41, 5.74) is 0.777. The number of nitrogens with one attached hydrogen (secondary N) is 2. The first-order valence-corrected chi connectivity index (χ1v) is 10.3. The van der Waals surface area contributed by atoms with Crippen molar-refractivity contribution in [3.63, 3.8) is 0 Å². The van der Waals surface area contributed by atoms with Crippen molar-refractivity contribution in [2.45, 2.75) is 57.9 Å². The molecule has 4 nitrogen and oxygen atoms in total. The predicted octanol–water partition coefficient (Wildman–Crippen LogP) is 4.66. The van der Waals surface area contributed by atoms with Crippen LogP contribution >= 0.6 is 31.9 Å². The lowest BCUT2D eigenvalue weighted by Gasteiger charge is -2.59. The summed E-state index contributed by atoms with van der Waals surface area (Å²) in [7, 11) is 0. The fourth-order valence-electron chi connectivity index (χ4n) is 5.98. The van der Waals surface area contributed by atoms with Gasteiger partial charge in [-0.05, 0) is 100.0 Å². The van der Waals surface area contributed by atoms with Gasteiger partial charge in [-0.1, -0.05) is 6.92 Å². The molecule has 1 atom stereocenters.